The maximum absolute atomic E-state index is 11.4. The van der Waals surface area contributed by atoms with Crippen molar-refractivity contribution < 1.29 is 8.42 Å². The lowest BCUT2D eigenvalue weighted by molar-refractivity contribution is 0.595. The summed E-state index contributed by atoms with van der Waals surface area (Å²) in [7, 11) is -3.59. The highest BCUT2D eigenvalue weighted by atomic mass is 32.2. The van der Waals surface area contributed by atoms with E-state index < -0.39 is 10.0 Å². The number of primary sulfonamides is 1. The summed E-state index contributed by atoms with van der Waals surface area (Å²) >= 11 is 0. The molecule has 2 N–H and O–H groups in total. The summed E-state index contributed by atoms with van der Waals surface area (Å²) < 4.78 is 22.8. The molecule has 0 amide bonds. The van der Waals surface area contributed by atoms with Gasteiger partial charge in [0.05, 0.1) is 4.90 Å². The van der Waals surface area contributed by atoms with Gasteiger partial charge < -0.3 is 0 Å². The second kappa shape index (κ2) is 4.77. The third-order valence-corrected chi connectivity index (χ3v) is 3.53. The average molecular weight is 227 g/mol. The van der Waals surface area contributed by atoms with Gasteiger partial charge in [-0.05, 0) is 30.9 Å². The van der Waals surface area contributed by atoms with Crippen molar-refractivity contribution in [3.8, 4) is 0 Å². The minimum atomic E-state index is -3.59. The first-order valence-electron chi connectivity index (χ1n) is 5.08. The molecule has 0 aliphatic rings. The van der Waals surface area contributed by atoms with E-state index in [9.17, 15) is 8.42 Å². The first-order valence-corrected chi connectivity index (χ1v) is 6.62. The Labute approximate surface area is 91.4 Å². The lowest BCUT2D eigenvalue weighted by Crippen LogP contribution is -2.16. The number of benzene rings is 1. The van der Waals surface area contributed by atoms with Crippen LogP contribution in [-0.4, -0.2) is 8.42 Å². The van der Waals surface area contributed by atoms with Crippen LogP contribution in [0, 0.1) is 6.92 Å². The topological polar surface area (TPSA) is 60.2 Å². The Hall–Kier alpha value is -0.870. The van der Waals surface area contributed by atoms with E-state index in [2.05, 4.69) is 6.92 Å². The zero-order chi connectivity index (χ0) is 11.5. The molecule has 0 saturated carbocycles. The van der Waals surface area contributed by atoms with Gasteiger partial charge in [0.2, 0.25) is 10.0 Å². The van der Waals surface area contributed by atoms with Crippen LogP contribution in [0.4, 0.5) is 0 Å². The summed E-state index contributed by atoms with van der Waals surface area (Å²) in [5.74, 6) is 0. The summed E-state index contributed by atoms with van der Waals surface area (Å²) in [6.45, 7) is 3.85. The molecule has 4 heteroatoms. The van der Waals surface area contributed by atoms with E-state index in [0.29, 0.717) is 4.90 Å². The molecule has 1 aromatic carbocycles. The Morgan fingerprint density at radius 1 is 1.33 bits per heavy atom. The van der Waals surface area contributed by atoms with Crippen LogP contribution >= 0.6 is 0 Å². The number of hydrogen-bond acceptors (Lipinski definition) is 2. The lowest BCUT2D eigenvalue weighted by atomic mass is 10.1. The molecule has 0 atom stereocenters. The molecule has 0 heterocycles. The van der Waals surface area contributed by atoms with E-state index in [1.807, 2.05) is 12.1 Å². The largest absolute Gasteiger partial charge is 0.238 e. The maximum atomic E-state index is 11.4. The second-order valence-electron chi connectivity index (χ2n) is 3.71. The van der Waals surface area contributed by atoms with Gasteiger partial charge in [-0.2, -0.15) is 0 Å². The molecule has 1 rings (SSSR count). The molecule has 0 saturated heterocycles. The summed E-state index contributed by atoms with van der Waals surface area (Å²) in [4.78, 5) is 0.304. The summed E-state index contributed by atoms with van der Waals surface area (Å²) in [6.07, 6.45) is 2.79. The first kappa shape index (κ1) is 12.2. The Morgan fingerprint density at radius 3 is 2.53 bits per heavy atom. The van der Waals surface area contributed by atoms with Gasteiger partial charge >= 0.3 is 0 Å². The zero-order valence-electron chi connectivity index (χ0n) is 9.16. The van der Waals surface area contributed by atoms with Crippen LogP contribution in [0.1, 0.15) is 30.9 Å². The zero-order valence-corrected chi connectivity index (χ0v) is 9.97. The van der Waals surface area contributed by atoms with Crippen molar-refractivity contribution in [2.75, 3.05) is 0 Å². The van der Waals surface area contributed by atoms with Gasteiger partial charge in [-0.15, -0.1) is 0 Å². The fourth-order valence-electron chi connectivity index (χ4n) is 1.68. The molecule has 0 bridgehead atoms. The van der Waals surface area contributed by atoms with Gasteiger partial charge in [-0.25, -0.2) is 13.6 Å². The number of unbranched alkanes of at least 4 members (excludes halogenated alkanes) is 1. The first-order chi connectivity index (χ1) is 6.96. The van der Waals surface area contributed by atoms with E-state index >= 15 is 0 Å². The third kappa shape index (κ3) is 3.04. The minimum Gasteiger partial charge on any atom is -0.225 e. The van der Waals surface area contributed by atoms with E-state index in [-0.39, 0.29) is 0 Å². The van der Waals surface area contributed by atoms with Crippen molar-refractivity contribution in [1.29, 1.82) is 0 Å². The monoisotopic (exact) mass is 227 g/mol. The van der Waals surface area contributed by atoms with Crippen molar-refractivity contribution in [2.45, 2.75) is 38.0 Å². The molecule has 0 radical (unpaired) electrons. The van der Waals surface area contributed by atoms with E-state index in [1.165, 1.54) is 0 Å². The molecule has 84 valence electrons. The predicted octanol–water partition coefficient (Wildman–Crippen LogP) is 1.99. The predicted molar refractivity (Wildman–Crippen MR) is 61.2 cm³/mol. The molecule has 0 spiro atoms. The van der Waals surface area contributed by atoms with Crippen molar-refractivity contribution in [3.63, 3.8) is 0 Å². The van der Waals surface area contributed by atoms with E-state index in [1.54, 1.807) is 13.0 Å². The summed E-state index contributed by atoms with van der Waals surface area (Å²) in [5, 5.41) is 5.20. The van der Waals surface area contributed by atoms with Crippen LogP contribution in [-0.2, 0) is 16.4 Å². The van der Waals surface area contributed by atoms with Crippen LogP contribution in [0.25, 0.3) is 0 Å². The summed E-state index contributed by atoms with van der Waals surface area (Å²) in [6, 6.07) is 5.48. The molecule has 1 aromatic rings. The number of rotatable bonds is 4. The van der Waals surface area contributed by atoms with Crippen LogP contribution in [0.3, 0.4) is 0 Å². The SMILES string of the molecule is CCCCc1cccc(C)c1S(N)(=O)=O. The molecule has 3 nitrogen and oxygen atoms in total. The molecule has 0 aliphatic carbocycles. The number of sulfonamides is 1. The maximum Gasteiger partial charge on any atom is 0.238 e. The van der Waals surface area contributed by atoms with Crippen molar-refractivity contribution in [1.82, 2.24) is 0 Å². The smallest absolute Gasteiger partial charge is 0.225 e. The Kier molecular flexibility index (Phi) is 3.88. The fraction of sp³-hybridized carbons (Fsp3) is 0.455. The van der Waals surface area contributed by atoms with Crippen molar-refractivity contribution >= 4 is 10.0 Å². The van der Waals surface area contributed by atoms with Crippen LogP contribution < -0.4 is 5.14 Å². The Balaban J connectivity index is 3.21. The molecule has 0 fully saturated rings. The van der Waals surface area contributed by atoms with Gasteiger partial charge in [-0.3, -0.25) is 0 Å². The van der Waals surface area contributed by atoms with Crippen LogP contribution in [0.2, 0.25) is 0 Å². The fourth-order valence-corrected chi connectivity index (χ4v) is 2.74. The lowest BCUT2D eigenvalue weighted by Gasteiger charge is -2.09. The molecule has 0 unspecified atom stereocenters. The normalized spacial score (nSPS) is 11.7. The summed E-state index contributed by atoms with van der Waals surface area (Å²) in [5.41, 5.74) is 1.56. The highest BCUT2D eigenvalue weighted by molar-refractivity contribution is 7.89. The van der Waals surface area contributed by atoms with Gasteiger partial charge in [0.25, 0.3) is 0 Å². The molecular formula is C11H17NO2S. The van der Waals surface area contributed by atoms with Gasteiger partial charge in [0, 0.05) is 0 Å². The van der Waals surface area contributed by atoms with Crippen LogP contribution in [0.15, 0.2) is 23.1 Å². The molecular weight excluding hydrogens is 210 g/mol. The van der Waals surface area contributed by atoms with Gasteiger partial charge in [-0.1, -0.05) is 31.5 Å². The van der Waals surface area contributed by atoms with Crippen molar-refractivity contribution in [2.24, 2.45) is 5.14 Å². The highest BCUT2D eigenvalue weighted by Crippen LogP contribution is 2.20. The minimum absolute atomic E-state index is 0.304. The Bertz CT molecular complexity index is 438. The van der Waals surface area contributed by atoms with E-state index in [4.69, 9.17) is 5.14 Å². The third-order valence-electron chi connectivity index (χ3n) is 2.38. The Morgan fingerprint density at radius 2 is 2.00 bits per heavy atom. The number of hydrogen-bond donors (Lipinski definition) is 1. The standard InChI is InChI=1S/C11H17NO2S/c1-3-4-7-10-8-5-6-9(2)11(10)15(12,13)14/h5-6,8H,3-4,7H2,1-2H3,(H2,12,13,14). The van der Waals surface area contributed by atoms with Gasteiger partial charge in [0.1, 0.15) is 0 Å². The second-order valence-corrected chi connectivity index (χ2v) is 5.21. The molecule has 0 aromatic heterocycles. The van der Waals surface area contributed by atoms with Crippen molar-refractivity contribution in [3.05, 3.63) is 29.3 Å². The quantitative estimate of drug-likeness (QED) is 0.855. The number of aryl methyl sites for hydroxylation is 2. The van der Waals surface area contributed by atoms with E-state index in [0.717, 1.165) is 30.4 Å². The van der Waals surface area contributed by atoms with Crippen LogP contribution in [0.5, 0.6) is 0 Å². The molecule has 15 heavy (non-hydrogen) atoms. The van der Waals surface area contributed by atoms with Gasteiger partial charge in [0.15, 0.2) is 0 Å². The highest BCUT2D eigenvalue weighted by Gasteiger charge is 2.15. The number of nitrogens with two attached hydrogens (primary N) is 1. The average Bonchev–Trinajstić information content (AvgIpc) is 2.12. The molecule has 0 aliphatic heterocycles.